The summed E-state index contributed by atoms with van der Waals surface area (Å²) in [5.41, 5.74) is 3.75. The first-order chi connectivity index (χ1) is 16.8. The Hall–Kier alpha value is -1.89. The minimum atomic E-state index is 0.133. The molecule has 0 saturated carbocycles. The van der Waals surface area contributed by atoms with Crippen molar-refractivity contribution in [3.05, 3.63) is 89.5 Å². The zero-order valence-corrected chi connectivity index (χ0v) is 21.4. The van der Waals surface area contributed by atoms with Gasteiger partial charge in [0.15, 0.2) is 0 Å². The Morgan fingerprint density at radius 1 is 0.500 bits per heavy atom. The first kappa shape index (κ1) is 22.6. The van der Waals surface area contributed by atoms with Crippen LogP contribution in [0.4, 0.5) is 0 Å². The highest BCUT2D eigenvalue weighted by Crippen LogP contribution is 2.36. The molecular weight excluding hydrogens is 481 g/mol. The molecule has 3 aromatic rings. The average Bonchev–Trinajstić information content (AvgIpc) is 3.73. The molecule has 3 aliphatic rings. The lowest BCUT2D eigenvalue weighted by Crippen LogP contribution is -2.07. The van der Waals surface area contributed by atoms with Crippen LogP contribution in [-0.2, 0) is 0 Å². The maximum atomic E-state index is 5.95. The molecule has 3 saturated heterocycles. The molecule has 0 N–H and O–H groups in total. The monoisotopic (exact) mass is 508 g/mol. The van der Waals surface area contributed by atoms with E-state index in [1.54, 1.807) is 0 Å². The van der Waals surface area contributed by atoms with Gasteiger partial charge in [-0.25, -0.2) is 0 Å². The normalized spacial score (nSPS) is 23.1. The lowest BCUT2D eigenvalue weighted by molar-refractivity contribution is 0.330. The molecule has 0 spiro atoms. The number of ether oxygens (including phenoxy) is 3. The third kappa shape index (κ3) is 6.21. The van der Waals surface area contributed by atoms with Crippen molar-refractivity contribution in [1.82, 2.24) is 0 Å². The van der Waals surface area contributed by atoms with Crippen LogP contribution in [0.15, 0.2) is 72.8 Å². The number of hydrogen-bond acceptors (Lipinski definition) is 6. The van der Waals surface area contributed by atoms with Gasteiger partial charge >= 0.3 is 0 Å². The van der Waals surface area contributed by atoms with Crippen molar-refractivity contribution in [3.63, 3.8) is 0 Å². The van der Waals surface area contributed by atoms with Gasteiger partial charge in [-0.3, -0.25) is 0 Å². The Morgan fingerprint density at radius 3 is 1.00 bits per heavy atom. The lowest BCUT2D eigenvalue weighted by atomic mass is 9.85. The highest BCUT2D eigenvalue weighted by atomic mass is 32.2. The third-order valence-electron chi connectivity index (χ3n) is 6.16. The molecule has 3 fully saturated rings. The van der Waals surface area contributed by atoms with Crippen molar-refractivity contribution >= 4 is 35.3 Å². The quantitative estimate of drug-likeness (QED) is 0.209. The van der Waals surface area contributed by atoms with Crippen molar-refractivity contribution in [3.8, 4) is 17.2 Å². The summed E-state index contributed by atoms with van der Waals surface area (Å²) >= 11 is 5.88. The Labute approximate surface area is 214 Å². The highest BCUT2D eigenvalue weighted by Gasteiger charge is 2.25. The van der Waals surface area contributed by atoms with Crippen LogP contribution in [0, 0.1) is 0 Å². The molecular formula is C28H28O3S3. The van der Waals surface area contributed by atoms with Crippen LogP contribution < -0.4 is 14.2 Å². The fourth-order valence-electron chi connectivity index (χ4n) is 3.91. The second-order valence-electron chi connectivity index (χ2n) is 8.94. The molecule has 3 aromatic carbocycles. The van der Waals surface area contributed by atoms with Crippen molar-refractivity contribution in [2.24, 2.45) is 0 Å². The molecule has 3 atom stereocenters. The van der Waals surface area contributed by atoms with E-state index in [9.17, 15) is 0 Å². The Kier molecular flexibility index (Phi) is 6.89. The summed E-state index contributed by atoms with van der Waals surface area (Å²) in [5, 5.41) is 2.02. The van der Waals surface area contributed by atoms with Gasteiger partial charge in [-0.15, -0.1) is 0 Å². The zero-order chi connectivity index (χ0) is 22.7. The first-order valence-electron chi connectivity index (χ1n) is 11.8. The SMILES string of the molecule is c1cc(C(c2ccc(OCC3CS3)cc2)c2ccc(OCC3CS3)cc2)ccc1OCC1CS1. The first-order valence-corrected chi connectivity index (χ1v) is 15.0. The fraction of sp³-hybridized carbons (Fsp3) is 0.357. The van der Waals surface area contributed by atoms with Crippen molar-refractivity contribution in [1.29, 1.82) is 0 Å². The van der Waals surface area contributed by atoms with Gasteiger partial charge in [0.1, 0.15) is 37.1 Å². The fourth-order valence-corrected chi connectivity index (χ4v) is 5.10. The summed E-state index contributed by atoms with van der Waals surface area (Å²) < 4.78 is 17.9. The largest absolute Gasteiger partial charge is 0.492 e. The number of benzene rings is 3. The van der Waals surface area contributed by atoms with E-state index in [1.807, 2.05) is 35.3 Å². The van der Waals surface area contributed by atoms with Gasteiger partial charge in [-0.2, -0.15) is 35.3 Å². The van der Waals surface area contributed by atoms with E-state index >= 15 is 0 Å². The summed E-state index contributed by atoms with van der Waals surface area (Å²) in [7, 11) is 0. The molecule has 6 rings (SSSR count). The van der Waals surface area contributed by atoms with Gasteiger partial charge in [0, 0.05) is 38.9 Å². The highest BCUT2D eigenvalue weighted by molar-refractivity contribution is 8.07. The van der Waals surface area contributed by atoms with E-state index in [4.69, 9.17) is 14.2 Å². The molecule has 34 heavy (non-hydrogen) atoms. The third-order valence-corrected chi connectivity index (χ3v) is 8.98. The van der Waals surface area contributed by atoms with E-state index < -0.39 is 0 Å². The standard InChI is InChI=1S/C28H28O3S3/c1-7-22(29-13-25-16-32-25)8-2-19(1)28(20-3-9-23(10-4-20)30-14-26-17-33-26)21-5-11-24(12-6-21)31-15-27-18-34-27/h1-12,25-28H,13-18H2. The topological polar surface area (TPSA) is 27.7 Å². The average molecular weight is 509 g/mol. The Bertz CT molecular complexity index is 932. The predicted molar refractivity (Wildman–Crippen MR) is 145 cm³/mol. The van der Waals surface area contributed by atoms with Gasteiger partial charge in [0.05, 0.1) is 0 Å². The minimum Gasteiger partial charge on any atom is -0.492 e. The van der Waals surface area contributed by atoms with Crippen LogP contribution >= 0.6 is 35.3 Å². The van der Waals surface area contributed by atoms with E-state index in [2.05, 4.69) is 72.8 Å². The second kappa shape index (κ2) is 10.4. The summed E-state index contributed by atoms with van der Waals surface area (Å²) in [6.45, 7) is 2.40. The van der Waals surface area contributed by atoms with Crippen LogP contribution in [0.25, 0.3) is 0 Å². The minimum absolute atomic E-state index is 0.133. The van der Waals surface area contributed by atoms with Gasteiger partial charge in [-0.1, -0.05) is 36.4 Å². The zero-order valence-electron chi connectivity index (χ0n) is 18.9. The van der Waals surface area contributed by atoms with Crippen LogP contribution in [0.2, 0.25) is 0 Å². The van der Waals surface area contributed by atoms with Crippen molar-refractivity contribution in [2.45, 2.75) is 21.7 Å². The van der Waals surface area contributed by atoms with E-state index in [0.29, 0.717) is 15.7 Å². The molecule has 0 radical (unpaired) electrons. The molecule has 0 aliphatic carbocycles. The summed E-state index contributed by atoms with van der Waals surface area (Å²) in [6.07, 6.45) is 0. The summed E-state index contributed by atoms with van der Waals surface area (Å²) in [4.78, 5) is 0. The summed E-state index contributed by atoms with van der Waals surface area (Å²) in [5.74, 6) is 6.62. The maximum absolute atomic E-state index is 5.95. The Morgan fingerprint density at radius 2 is 0.765 bits per heavy atom. The predicted octanol–water partition coefficient (Wildman–Crippen LogP) is 6.35. The number of thioether (sulfide) groups is 3. The smallest absolute Gasteiger partial charge is 0.119 e. The molecule has 3 aliphatic heterocycles. The van der Waals surface area contributed by atoms with E-state index in [-0.39, 0.29) is 5.92 Å². The van der Waals surface area contributed by atoms with Crippen molar-refractivity contribution < 1.29 is 14.2 Å². The van der Waals surface area contributed by atoms with Crippen LogP contribution in [0.1, 0.15) is 22.6 Å². The van der Waals surface area contributed by atoms with Gasteiger partial charge in [0.25, 0.3) is 0 Å². The molecule has 6 heteroatoms. The lowest BCUT2D eigenvalue weighted by Gasteiger charge is -2.20. The second-order valence-corrected chi connectivity index (χ2v) is 12.9. The molecule has 0 bridgehead atoms. The maximum Gasteiger partial charge on any atom is 0.119 e. The van der Waals surface area contributed by atoms with Crippen LogP contribution in [0.5, 0.6) is 17.2 Å². The van der Waals surface area contributed by atoms with Crippen molar-refractivity contribution in [2.75, 3.05) is 37.1 Å². The number of rotatable bonds is 12. The molecule has 3 heterocycles. The molecule has 3 unspecified atom stereocenters. The summed E-state index contributed by atoms with van der Waals surface area (Å²) in [6, 6.07) is 25.8. The van der Waals surface area contributed by atoms with E-state index in [1.165, 1.54) is 33.9 Å². The molecule has 0 amide bonds. The molecule has 176 valence electrons. The van der Waals surface area contributed by atoms with Crippen LogP contribution in [0.3, 0.4) is 0 Å². The van der Waals surface area contributed by atoms with E-state index in [0.717, 1.165) is 37.1 Å². The Balaban J connectivity index is 1.22. The molecule has 0 aromatic heterocycles. The molecule has 3 nitrogen and oxygen atoms in total. The van der Waals surface area contributed by atoms with Gasteiger partial charge in [0.2, 0.25) is 0 Å². The van der Waals surface area contributed by atoms with Crippen LogP contribution in [-0.4, -0.2) is 52.8 Å². The van der Waals surface area contributed by atoms with Gasteiger partial charge in [-0.05, 0) is 53.1 Å². The van der Waals surface area contributed by atoms with Gasteiger partial charge < -0.3 is 14.2 Å². The number of hydrogen-bond donors (Lipinski definition) is 0.